The van der Waals surface area contributed by atoms with Crippen LogP contribution < -0.4 is 0 Å². The van der Waals surface area contributed by atoms with E-state index in [1.54, 1.807) is 0 Å². The van der Waals surface area contributed by atoms with Crippen LogP contribution in [0.2, 0.25) is 0 Å². The van der Waals surface area contributed by atoms with Gasteiger partial charge < -0.3 is 14.2 Å². The molecule has 20 heavy (non-hydrogen) atoms. The van der Waals surface area contributed by atoms with Crippen molar-refractivity contribution >= 4 is 17.5 Å². The molecule has 0 saturated heterocycles. The summed E-state index contributed by atoms with van der Waals surface area (Å²) in [4.78, 5) is 36.1. The molecule has 0 N–H and O–H groups in total. The van der Waals surface area contributed by atoms with Crippen LogP contribution in [0.5, 0.6) is 0 Å². The van der Waals surface area contributed by atoms with E-state index in [-0.39, 0.29) is 11.6 Å². The lowest BCUT2D eigenvalue weighted by atomic mass is 9.60. The van der Waals surface area contributed by atoms with Crippen molar-refractivity contribution in [1.82, 2.24) is 0 Å². The van der Waals surface area contributed by atoms with Crippen LogP contribution in [0.4, 0.5) is 0 Å². The van der Waals surface area contributed by atoms with E-state index in [2.05, 4.69) is 0 Å². The Kier molecular flexibility index (Phi) is 3.80. The third-order valence-corrected chi connectivity index (χ3v) is 4.31. The maximum atomic E-state index is 12.5. The summed E-state index contributed by atoms with van der Waals surface area (Å²) < 4.78 is 15.3. The molecule has 0 aromatic carbocycles. The number of hydrogen-bond donors (Lipinski definition) is 0. The van der Waals surface area contributed by atoms with E-state index in [4.69, 9.17) is 14.2 Å². The van der Waals surface area contributed by atoms with Crippen molar-refractivity contribution in [3.8, 4) is 0 Å². The van der Waals surface area contributed by atoms with Gasteiger partial charge in [0, 0.05) is 25.7 Å². The van der Waals surface area contributed by atoms with Crippen LogP contribution in [0.1, 0.15) is 13.3 Å². The molecule has 0 aromatic rings. The first kappa shape index (κ1) is 14.9. The van der Waals surface area contributed by atoms with E-state index >= 15 is 0 Å². The Labute approximate surface area is 117 Å². The normalized spacial score (nSPS) is 30.9. The fraction of sp³-hybridized carbons (Fsp3) is 0.643. The number of fused-ring (bicyclic) bond motifs is 2. The van der Waals surface area contributed by atoms with Gasteiger partial charge in [-0.3, -0.25) is 9.59 Å². The van der Waals surface area contributed by atoms with Gasteiger partial charge in [0.15, 0.2) is 5.78 Å². The van der Waals surface area contributed by atoms with Crippen molar-refractivity contribution in [2.45, 2.75) is 19.1 Å². The Morgan fingerprint density at radius 1 is 1.25 bits per heavy atom. The maximum Gasteiger partial charge on any atom is 0.333 e. The molecule has 2 bridgehead atoms. The molecule has 3 aliphatic carbocycles. The summed E-state index contributed by atoms with van der Waals surface area (Å²) >= 11 is 0. The lowest BCUT2D eigenvalue weighted by Crippen LogP contribution is -2.62. The van der Waals surface area contributed by atoms with Crippen LogP contribution in [-0.4, -0.2) is 44.7 Å². The van der Waals surface area contributed by atoms with Crippen molar-refractivity contribution in [2.75, 3.05) is 21.3 Å². The minimum Gasteiger partial charge on any atom is -0.466 e. The predicted molar refractivity (Wildman–Crippen MR) is 67.6 cm³/mol. The SMILES string of the molecule is COC(=O)C1=C[C@@H]2C(=O)C(OC)(OC)[C@H]1C[C@@H]2C(C)=O. The second-order valence-electron chi connectivity index (χ2n) is 5.08. The number of rotatable bonds is 4. The molecule has 0 aromatic heterocycles. The van der Waals surface area contributed by atoms with Gasteiger partial charge in [-0.25, -0.2) is 4.79 Å². The summed E-state index contributed by atoms with van der Waals surface area (Å²) in [6.45, 7) is 1.45. The topological polar surface area (TPSA) is 78.9 Å². The van der Waals surface area contributed by atoms with Crippen LogP contribution in [0.3, 0.4) is 0 Å². The highest BCUT2D eigenvalue weighted by atomic mass is 16.7. The Morgan fingerprint density at radius 2 is 1.85 bits per heavy atom. The van der Waals surface area contributed by atoms with E-state index < -0.39 is 29.5 Å². The second kappa shape index (κ2) is 5.10. The van der Waals surface area contributed by atoms with Gasteiger partial charge in [0.2, 0.25) is 5.79 Å². The Hall–Kier alpha value is -1.53. The number of hydrogen-bond acceptors (Lipinski definition) is 6. The molecule has 3 rings (SSSR count). The van der Waals surface area contributed by atoms with Gasteiger partial charge in [0.1, 0.15) is 5.78 Å². The molecule has 0 heterocycles. The number of allylic oxidation sites excluding steroid dienone is 1. The van der Waals surface area contributed by atoms with Crippen molar-refractivity contribution in [1.29, 1.82) is 0 Å². The number of ether oxygens (including phenoxy) is 3. The van der Waals surface area contributed by atoms with Gasteiger partial charge in [0.25, 0.3) is 0 Å². The molecule has 3 aliphatic rings. The lowest BCUT2D eigenvalue weighted by Gasteiger charge is -2.49. The molecular formula is C14H18O6. The molecule has 110 valence electrons. The first-order valence-electron chi connectivity index (χ1n) is 6.38. The summed E-state index contributed by atoms with van der Waals surface area (Å²) in [6, 6.07) is 0. The number of methoxy groups -OCH3 is 3. The fourth-order valence-electron chi connectivity index (χ4n) is 3.29. The van der Waals surface area contributed by atoms with Gasteiger partial charge in [-0.05, 0) is 13.3 Å². The van der Waals surface area contributed by atoms with E-state index in [1.165, 1.54) is 34.3 Å². The zero-order valence-corrected chi connectivity index (χ0v) is 12.0. The summed E-state index contributed by atoms with van der Waals surface area (Å²) in [6.07, 6.45) is 1.87. The van der Waals surface area contributed by atoms with Crippen LogP contribution in [0.25, 0.3) is 0 Å². The minimum absolute atomic E-state index is 0.0747. The van der Waals surface area contributed by atoms with Crippen molar-refractivity contribution in [2.24, 2.45) is 17.8 Å². The molecule has 6 heteroatoms. The number of carbonyl (C=O) groups is 3. The van der Waals surface area contributed by atoms with E-state index in [9.17, 15) is 14.4 Å². The third-order valence-electron chi connectivity index (χ3n) is 4.31. The largest absolute Gasteiger partial charge is 0.466 e. The van der Waals surface area contributed by atoms with Crippen molar-refractivity contribution in [3.63, 3.8) is 0 Å². The number of ketones is 2. The zero-order chi connectivity index (χ0) is 15.1. The first-order chi connectivity index (χ1) is 9.42. The smallest absolute Gasteiger partial charge is 0.333 e. The number of carbonyl (C=O) groups excluding carboxylic acids is 3. The summed E-state index contributed by atoms with van der Waals surface area (Å²) in [5, 5.41) is 0. The summed E-state index contributed by atoms with van der Waals surface area (Å²) in [7, 11) is 4.00. The van der Waals surface area contributed by atoms with E-state index in [0.29, 0.717) is 12.0 Å². The number of Topliss-reactive ketones (excluding diaryl/α,β-unsaturated/α-hetero) is 2. The van der Waals surface area contributed by atoms with Gasteiger partial charge in [-0.1, -0.05) is 6.08 Å². The number of esters is 1. The minimum atomic E-state index is -1.51. The van der Waals surface area contributed by atoms with Crippen LogP contribution in [0.15, 0.2) is 11.6 Å². The average Bonchev–Trinajstić information content (AvgIpc) is 2.47. The van der Waals surface area contributed by atoms with Crippen molar-refractivity contribution < 1.29 is 28.6 Å². The molecule has 0 spiro atoms. The van der Waals surface area contributed by atoms with Gasteiger partial charge in [-0.2, -0.15) is 0 Å². The quantitative estimate of drug-likeness (QED) is 0.552. The molecule has 1 saturated carbocycles. The maximum absolute atomic E-state index is 12.5. The molecule has 0 radical (unpaired) electrons. The highest BCUT2D eigenvalue weighted by Crippen LogP contribution is 2.50. The van der Waals surface area contributed by atoms with Crippen LogP contribution >= 0.6 is 0 Å². The van der Waals surface area contributed by atoms with Crippen LogP contribution in [-0.2, 0) is 28.6 Å². The molecule has 0 amide bonds. The van der Waals surface area contributed by atoms with Gasteiger partial charge >= 0.3 is 5.97 Å². The van der Waals surface area contributed by atoms with Crippen molar-refractivity contribution in [3.05, 3.63) is 11.6 Å². The highest BCUT2D eigenvalue weighted by molar-refractivity contribution is 6.02. The highest BCUT2D eigenvalue weighted by Gasteiger charge is 2.61. The molecule has 1 fully saturated rings. The lowest BCUT2D eigenvalue weighted by molar-refractivity contribution is -0.241. The van der Waals surface area contributed by atoms with E-state index in [0.717, 1.165) is 0 Å². The molecule has 0 unspecified atom stereocenters. The summed E-state index contributed by atoms with van der Waals surface area (Å²) in [5.74, 6) is -4.18. The first-order valence-corrected chi connectivity index (χ1v) is 6.38. The summed E-state index contributed by atoms with van der Waals surface area (Å²) in [5.41, 5.74) is 0.346. The standard InChI is InChI=1S/C14H18O6/c1-7(15)8-6-11-10(13(17)18-2)5-9(8)12(16)14(11,19-3)20-4/h5,8-9,11H,6H2,1-4H3/t8-,9+,11+/m1/s1. The van der Waals surface area contributed by atoms with Gasteiger partial charge in [0.05, 0.1) is 18.9 Å². The Bertz CT molecular complexity index is 488. The fourth-order valence-corrected chi connectivity index (χ4v) is 3.29. The molecular weight excluding hydrogens is 264 g/mol. The third kappa shape index (κ3) is 1.83. The monoisotopic (exact) mass is 282 g/mol. The molecule has 0 aliphatic heterocycles. The molecule has 6 nitrogen and oxygen atoms in total. The van der Waals surface area contributed by atoms with E-state index in [1.807, 2.05) is 0 Å². The average molecular weight is 282 g/mol. The molecule has 3 atom stereocenters. The van der Waals surface area contributed by atoms with Gasteiger partial charge in [-0.15, -0.1) is 0 Å². The predicted octanol–water partition coefficient (Wildman–Crippen LogP) is 0.499. The zero-order valence-electron chi connectivity index (χ0n) is 12.0. The second-order valence-corrected chi connectivity index (χ2v) is 5.08. The van der Waals surface area contributed by atoms with Crippen LogP contribution in [0, 0.1) is 17.8 Å². The Morgan fingerprint density at radius 3 is 2.30 bits per heavy atom. The Balaban J connectivity index is 2.54.